The molecule has 0 spiro atoms. The van der Waals surface area contributed by atoms with Crippen LogP contribution in [0.25, 0.3) is 0 Å². The lowest BCUT2D eigenvalue weighted by Crippen LogP contribution is -2.41. The molecule has 0 bridgehead atoms. The molecule has 0 aliphatic heterocycles. The van der Waals surface area contributed by atoms with Crippen molar-refractivity contribution in [3.8, 4) is 12.3 Å². The molecule has 3 heteroatoms. The highest BCUT2D eigenvalue weighted by atomic mass is 28.4. The lowest BCUT2D eigenvalue weighted by atomic mass is 10.0. The number of rotatable bonds is 7. The van der Waals surface area contributed by atoms with Crippen molar-refractivity contribution in [1.82, 2.24) is 0 Å². The molecule has 0 fully saturated rings. The van der Waals surface area contributed by atoms with Crippen molar-refractivity contribution in [3.05, 3.63) is 0 Å². The van der Waals surface area contributed by atoms with Crippen molar-refractivity contribution in [1.29, 1.82) is 0 Å². The van der Waals surface area contributed by atoms with E-state index in [9.17, 15) is 0 Å². The maximum absolute atomic E-state index is 8.78. The van der Waals surface area contributed by atoms with Crippen LogP contribution in [0.5, 0.6) is 0 Å². The summed E-state index contributed by atoms with van der Waals surface area (Å²) in [7, 11) is -1.63. The van der Waals surface area contributed by atoms with Gasteiger partial charge in [0, 0.05) is 19.1 Å². The number of hydrogen-bond acceptors (Lipinski definition) is 2. The molecule has 0 rings (SSSR count). The molecule has 0 amide bonds. The molecule has 1 unspecified atom stereocenters. The SMILES string of the molecule is C#CC(CCCO)CCO[Si](C)(C)C(C)(C)C. The van der Waals surface area contributed by atoms with Crippen LogP contribution in [0.15, 0.2) is 0 Å². The Labute approximate surface area is 108 Å². The molecule has 1 N–H and O–H groups in total. The molecule has 17 heavy (non-hydrogen) atoms. The van der Waals surface area contributed by atoms with Crippen molar-refractivity contribution in [3.63, 3.8) is 0 Å². The van der Waals surface area contributed by atoms with Crippen molar-refractivity contribution < 1.29 is 9.53 Å². The van der Waals surface area contributed by atoms with E-state index in [4.69, 9.17) is 16.0 Å². The van der Waals surface area contributed by atoms with Crippen LogP contribution in [0.3, 0.4) is 0 Å². The lowest BCUT2D eigenvalue weighted by Gasteiger charge is -2.36. The summed E-state index contributed by atoms with van der Waals surface area (Å²) in [6.07, 6.45) is 8.06. The summed E-state index contributed by atoms with van der Waals surface area (Å²) in [6, 6.07) is 0. The molecular formula is C14H28O2Si. The summed E-state index contributed by atoms with van der Waals surface area (Å²) in [6.45, 7) is 12.2. The minimum atomic E-state index is -1.63. The van der Waals surface area contributed by atoms with Gasteiger partial charge in [0.15, 0.2) is 8.32 Å². The molecule has 0 aromatic heterocycles. The fourth-order valence-electron chi connectivity index (χ4n) is 1.32. The Morgan fingerprint density at radius 3 is 2.29 bits per heavy atom. The van der Waals surface area contributed by atoms with E-state index < -0.39 is 8.32 Å². The van der Waals surface area contributed by atoms with Crippen molar-refractivity contribution in [2.45, 2.75) is 58.2 Å². The van der Waals surface area contributed by atoms with Gasteiger partial charge < -0.3 is 9.53 Å². The fraction of sp³-hybridized carbons (Fsp3) is 0.857. The molecule has 0 aliphatic rings. The molecule has 2 nitrogen and oxygen atoms in total. The van der Waals surface area contributed by atoms with E-state index in [0.717, 1.165) is 25.9 Å². The van der Waals surface area contributed by atoms with Crippen molar-refractivity contribution in [2.24, 2.45) is 5.92 Å². The third-order valence-electron chi connectivity index (χ3n) is 3.68. The molecule has 100 valence electrons. The van der Waals surface area contributed by atoms with Gasteiger partial charge in [-0.2, -0.15) is 0 Å². The van der Waals surface area contributed by atoms with Crippen LogP contribution in [0.1, 0.15) is 40.0 Å². The average Bonchev–Trinajstić information content (AvgIpc) is 2.21. The van der Waals surface area contributed by atoms with Crippen LogP contribution < -0.4 is 0 Å². The Kier molecular flexibility index (Phi) is 7.07. The zero-order chi connectivity index (χ0) is 13.5. The molecule has 0 aliphatic carbocycles. The van der Waals surface area contributed by atoms with Crippen molar-refractivity contribution in [2.75, 3.05) is 13.2 Å². The minimum Gasteiger partial charge on any atom is -0.417 e. The third kappa shape index (κ3) is 6.26. The highest BCUT2D eigenvalue weighted by Gasteiger charge is 2.36. The number of terminal acetylenes is 1. The topological polar surface area (TPSA) is 29.5 Å². The van der Waals surface area contributed by atoms with Gasteiger partial charge in [-0.1, -0.05) is 20.8 Å². The lowest BCUT2D eigenvalue weighted by molar-refractivity contribution is 0.249. The van der Waals surface area contributed by atoms with Crippen LogP contribution in [0.2, 0.25) is 18.1 Å². The van der Waals surface area contributed by atoms with Gasteiger partial charge in [0.25, 0.3) is 0 Å². The van der Waals surface area contributed by atoms with Crippen LogP contribution in [-0.4, -0.2) is 26.6 Å². The molecule has 0 saturated heterocycles. The maximum Gasteiger partial charge on any atom is 0.191 e. The van der Waals surface area contributed by atoms with E-state index in [0.29, 0.717) is 0 Å². The van der Waals surface area contributed by atoms with E-state index in [-0.39, 0.29) is 17.6 Å². The second kappa shape index (κ2) is 7.20. The monoisotopic (exact) mass is 256 g/mol. The molecule has 0 heterocycles. The van der Waals surface area contributed by atoms with E-state index in [1.165, 1.54) is 0 Å². The van der Waals surface area contributed by atoms with Crippen LogP contribution in [0.4, 0.5) is 0 Å². The first-order valence-corrected chi connectivity index (χ1v) is 9.36. The summed E-state index contributed by atoms with van der Waals surface area (Å²) < 4.78 is 6.09. The second-order valence-corrected chi connectivity index (χ2v) is 10.9. The molecule has 0 aromatic carbocycles. The Bertz CT molecular complexity index is 248. The predicted octanol–water partition coefficient (Wildman–Crippen LogP) is 3.42. The number of aliphatic hydroxyl groups is 1. The molecule has 1 atom stereocenters. The van der Waals surface area contributed by atoms with Gasteiger partial charge in [-0.05, 0) is 37.4 Å². The zero-order valence-corrected chi connectivity index (χ0v) is 13.0. The van der Waals surface area contributed by atoms with Gasteiger partial charge in [0.05, 0.1) is 0 Å². The number of aliphatic hydroxyl groups excluding tert-OH is 1. The van der Waals surface area contributed by atoms with Crippen LogP contribution in [-0.2, 0) is 4.43 Å². The van der Waals surface area contributed by atoms with Gasteiger partial charge >= 0.3 is 0 Å². The first-order valence-electron chi connectivity index (χ1n) is 6.45. The van der Waals surface area contributed by atoms with E-state index in [1.807, 2.05) is 0 Å². The third-order valence-corrected chi connectivity index (χ3v) is 8.22. The first kappa shape index (κ1) is 16.7. The number of hydrogen-bond donors (Lipinski definition) is 1. The quantitative estimate of drug-likeness (QED) is 0.558. The van der Waals surface area contributed by atoms with Gasteiger partial charge in [-0.25, -0.2) is 0 Å². The standard InChI is InChI=1S/C14H28O2Si/c1-7-13(9-8-11-15)10-12-16-17(5,6)14(2,3)4/h1,13,15H,8-12H2,2-6H3. The fourth-order valence-corrected chi connectivity index (χ4v) is 2.38. The van der Waals surface area contributed by atoms with Crippen LogP contribution in [0, 0.1) is 18.3 Å². The predicted molar refractivity (Wildman–Crippen MR) is 76.4 cm³/mol. The van der Waals surface area contributed by atoms with E-state index in [1.54, 1.807) is 0 Å². The largest absolute Gasteiger partial charge is 0.417 e. The van der Waals surface area contributed by atoms with Gasteiger partial charge in [0.1, 0.15) is 0 Å². The Morgan fingerprint density at radius 1 is 1.29 bits per heavy atom. The highest BCUT2D eigenvalue weighted by molar-refractivity contribution is 6.74. The Hall–Kier alpha value is -0.303. The van der Waals surface area contributed by atoms with Gasteiger partial charge in [0.2, 0.25) is 0 Å². The highest BCUT2D eigenvalue weighted by Crippen LogP contribution is 2.36. The molecule has 0 radical (unpaired) electrons. The normalized spacial score (nSPS) is 14.4. The van der Waals surface area contributed by atoms with Crippen LogP contribution >= 0.6 is 0 Å². The summed E-state index contributed by atoms with van der Waals surface area (Å²) in [5.74, 6) is 3.03. The maximum atomic E-state index is 8.78. The van der Waals surface area contributed by atoms with E-state index >= 15 is 0 Å². The molecule has 0 aromatic rings. The zero-order valence-electron chi connectivity index (χ0n) is 12.0. The Morgan fingerprint density at radius 2 is 1.88 bits per heavy atom. The summed E-state index contributed by atoms with van der Waals surface area (Å²) >= 11 is 0. The minimum absolute atomic E-state index is 0.223. The first-order chi connectivity index (χ1) is 7.74. The summed E-state index contributed by atoms with van der Waals surface area (Å²) in [5, 5.41) is 9.03. The summed E-state index contributed by atoms with van der Waals surface area (Å²) in [5.41, 5.74) is 0. The van der Waals surface area contributed by atoms with Crippen molar-refractivity contribution >= 4 is 8.32 Å². The van der Waals surface area contributed by atoms with Gasteiger partial charge in [-0.15, -0.1) is 12.3 Å². The Balaban J connectivity index is 4.01. The average molecular weight is 256 g/mol. The van der Waals surface area contributed by atoms with E-state index in [2.05, 4.69) is 39.8 Å². The smallest absolute Gasteiger partial charge is 0.191 e. The molecule has 0 saturated carbocycles. The summed E-state index contributed by atoms with van der Waals surface area (Å²) in [4.78, 5) is 0. The second-order valence-electron chi connectivity index (χ2n) is 6.13. The molecular weight excluding hydrogens is 228 g/mol. The van der Waals surface area contributed by atoms with Gasteiger partial charge in [-0.3, -0.25) is 0 Å².